The van der Waals surface area contributed by atoms with Crippen molar-refractivity contribution in [2.24, 2.45) is 5.92 Å². The Kier molecular flexibility index (Phi) is 6.13. The Morgan fingerprint density at radius 2 is 1.67 bits per heavy atom. The van der Waals surface area contributed by atoms with Crippen molar-refractivity contribution in [1.82, 2.24) is 0 Å². The van der Waals surface area contributed by atoms with E-state index in [9.17, 15) is 0 Å². The molecule has 1 aromatic rings. The van der Waals surface area contributed by atoms with Crippen molar-refractivity contribution in [2.45, 2.75) is 26.1 Å². The monoisotopic (exact) mass is 272 g/mol. The summed E-state index contributed by atoms with van der Waals surface area (Å²) in [5.74, 6) is 2.99. The lowest BCUT2D eigenvalue weighted by molar-refractivity contribution is 0.257. The van der Waals surface area contributed by atoms with E-state index in [0.717, 1.165) is 12.0 Å². The predicted molar refractivity (Wildman–Crippen MR) is 74.1 cm³/mol. The van der Waals surface area contributed by atoms with Gasteiger partial charge in [0.1, 0.15) is 0 Å². The van der Waals surface area contributed by atoms with E-state index in [1.54, 1.807) is 14.2 Å². The molecule has 0 amide bonds. The van der Waals surface area contributed by atoms with Gasteiger partial charge in [0.2, 0.25) is 5.75 Å². The molecule has 0 atom stereocenters. The van der Waals surface area contributed by atoms with E-state index in [-0.39, 0.29) is 0 Å². The molecule has 102 valence electrons. The maximum absolute atomic E-state index is 5.83. The zero-order valence-corrected chi connectivity index (χ0v) is 12.2. The Morgan fingerprint density at radius 1 is 1.11 bits per heavy atom. The van der Waals surface area contributed by atoms with Gasteiger partial charge in [-0.3, -0.25) is 0 Å². The van der Waals surface area contributed by atoms with E-state index in [2.05, 4.69) is 13.8 Å². The highest BCUT2D eigenvalue weighted by molar-refractivity contribution is 6.17. The van der Waals surface area contributed by atoms with Crippen LogP contribution < -0.4 is 14.2 Å². The smallest absolute Gasteiger partial charge is 0.203 e. The highest BCUT2D eigenvalue weighted by Crippen LogP contribution is 2.39. The van der Waals surface area contributed by atoms with Crippen molar-refractivity contribution in [1.29, 1.82) is 0 Å². The molecule has 0 saturated heterocycles. The first-order valence-corrected chi connectivity index (χ1v) is 6.59. The lowest BCUT2D eigenvalue weighted by Crippen LogP contribution is -2.04. The van der Waals surface area contributed by atoms with Gasteiger partial charge in [0.05, 0.1) is 20.8 Å². The number of hydrogen-bond donors (Lipinski definition) is 0. The normalized spacial score (nSPS) is 10.6. The summed E-state index contributed by atoms with van der Waals surface area (Å²) in [5.41, 5.74) is 0.946. The number of halogens is 1. The minimum atomic E-state index is 0.416. The van der Waals surface area contributed by atoms with Crippen LogP contribution in [0.1, 0.15) is 25.8 Å². The Labute approximate surface area is 114 Å². The number of hydrogen-bond acceptors (Lipinski definition) is 3. The number of benzene rings is 1. The van der Waals surface area contributed by atoms with Gasteiger partial charge < -0.3 is 14.2 Å². The summed E-state index contributed by atoms with van der Waals surface area (Å²) < 4.78 is 16.4. The van der Waals surface area contributed by atoms with Crippen molar-refractivity contribution in [3.8, 4) is 17.2 Å². The first kappa shape index (κ1) is 15.0. The summed E-state index contributed by atoms with van der Waals surface area (Å²) in [6, 6.07) is 3.75. The van der Waals surface area contributed by atoms with Crippen LogP contribution in [0.15, 0.2) is 12.1 Å². The van der Waals surface area contributed by atoms with Crippen LogP contribution in [0.5, 0.6) is 17.2 Å². The van der Waals surface area contributed by atoms with Crippen LogP contribution in [-0.4, -0.2) is 20.8 Å². The standard InChI is InChI=1S/C14H21ClO3/c1-10(2)5-6-18-14-12(16-3)7-11(9-15)8-13(14)17-4/h7-8,10H,5-6,9H2,1-4H3. The fourth-order valence-electron chi connectivity index (χ4n) is 1.55. The molecule has 18 heavy (non-hydrogen) atoms. The van der Waals surface area contributed by atoms with Crippen LogP contribution in [-0.2, 0) is 5.88 Å². The third kappa shape index (κ3) is 3.98. The minimum Gasteiger partial charge on any atom is -0.493 e. The average Bonchev–Trinajstić information content (AvgIpc) is 2.37. The van der Waals surface area contributed by atoms with Crippen molar-refractivity contribution in [2.75, 3.05) is 20.8 Å². The molecule has 0 spiro atoms. The summed E-state index contributed by atoms with van der Waals surface area (Å²) in [6.07, 6.45) is 0.990. The molecule has 0 fully saturated rings. The Balaban J connectivity index is 2.92. The van der Waals surface area contributed by atoms with E-state index < -0.39 is 0 Å². The molecule has 1 aromatic carbocycles. The molecular formula is C14H21ClO3. The highest BCUT2D eigenvalue weighted by atomic mass is 35.5. The van der Waals surface area contributed by atoms with Crippen molar-refractivity contribution < 1.29 is 14.2 Å². The lowest BCUT2D eigenvalue weighted by atomic mass is 10.1. The number of alkyl halides is 1. The van der Waals surface area contributed by atoms with Crippen LogP contribution in [0.4, 0.5) is 0 Å². The second-order valence-electron chi connectivity index (χ2n) is 4.49. The van der Waals surface area contributed by atoms with E-state index in [1.807, 2.05) is 12.1 Å². The zero-order chi connectivity index (χ0) is 13.5. The summed E-state index contributed by atoms with van der Waals surface area (Å²) in [6.45, 7) is 4.97. The van der Waals surface area contributed by atoms with Gasteiger partial charge in [-0.25, -0.2) is 0 Å². The molecule has 4 heteroatoms. The highest BCUT2D eigenvalue weighted by Gasteiger charge is 2.14. The third-order valence-electron chi connectivity index (χ3n) is 2.62. The fraction of sp³-hybridized carbons (Fsp3) is 0.571. The maximum Gasteiger partial charge on any atom is 0.203 e. The summed E-state index contributed by atoms with van der Waals surface area (Å²) in [7, 11) is 3.23. The fourth-order valence-corrected chi connectivity index (χ4v) is 1.70. The maximum atomic E-state index is 5.83. The van der Waals surface area contributed by atoms with Crippen LogP contribution in [0, 0.1) is 5.92 Å². The molecule has 3 nitrogen and oxygen atoms in total. The van der Waals surface area contributed by atoms with Gasteiger partial charge in [-0.05, 0) is 30.0 Å². The molecule has 0 aliphatic heterocycles. The molecule has 0 bridgehead atoms. The van der Waals surface area contributed by atoms with Crippen LogP contribution in [0.25, 0.3) is 0 Å². The molecule has 0 N–H and O–H groups in total. The van der Waals surface area contributed by atoms with E-state index >= 15 is 0 Å². The van der Waals surface area contributed by atoms with E-state index in [4.69, 9.17) is 25.8 Å². The largest absolute Gasteiger partial charge is 0.493 e. The first-order valence-electron chi connectivity index (χ1n) is 6.06. The lowest BCUT2D eigenvalue weighted by Gasteiger charge is -2.16. The van der Waals surface area contributed by atoms with E-state index in [1.165, 1.54) is 0 Å². The van der Waals surface area contributed by atoms with Gasteiger partial charge in [0.25, 0.3) is 0 Å². The Bertz CT molecular complexity index is 352. The van der Waals surface area contributed by atoms with Gasteiger partial charge in [-0.15, -0.1) is 11.6 Å². The number of rotatable bonds is 7. The topological polar surface area (TPSA) is 27.7 Å². The molecule has 0 unspecified atom stereocenters. The second-order valence-corrected chi connectivity index (χ2v) is 4.76. The molecular weight excluding hydrogens is 252 g/mol. The molecule has 0 saturated carbocycles. The SMILES string of the molecule is COc1cc(CCl)cc(OC)c1OCCC(C)C. The molecule has 0 heterocycles. The Morgan fingerprint density at radius 3 is 2.06 bits per heavy atom. The van der Waals surface area contributed by atoms with E-state index in [0.29, 0.717) is 35.7 Å². The molecule has 1 rings (SSSR count). The molecule has 0 aliphatic rings. The summed E-state index contributed by atoms with van der Waals surface area (Å²) in [5, 5.41) is 0. The van der Waals surface area contributed by atoms with Gasteiger partial charge in [-0.2, -0.15) is 0 Å². The quantitative estimate of drug-likeness (QED) is 0.705. The third-order valence-corrected chi connectivity index (χ3v) is 2.92. The zero-order valence-electron chi connectivity index (χ0n) is 11.5. The number of methoxy groups -OCH3 is 2. The van der Waals surface area contributed by atoms with Crippen LogP contribution in [0.3, 0.4) is 0 Å². The molecule has 0 radical (unpaired) electrons. The van der Waals surface area contributed by atoms with Gasteiger partial charge >= 0.3 is 0 Å². The number of ether oxygens (including phenoxy) is 3. The van der Waals surface area contributed by atoms with Gasteiger partial charge in [-0.1, -0.05) is 13.8 Å². The van der Waals surface area contributed by atoms with Gasteiger partial charge in [0.15, 0.2) is 11.5 Å². The average molecular weight is 273 g/mol. The van der Waals surface area contributed by atoms with Crippen molar-refractivity contribution in [3.05, 3.63) is 17.7 Å². The second kappa shape index (κ2) is 7.37. The first-order chi connectivity index (χ1) is 8.62. The van der Waals surface area contributed by atoms with Crippen molar-refractivity contribution in [3.63, 3.8) is 0 Å². The van der Waals surface area contributed by atoms with Gasteiger partial charge in [0, 0.05) is 5.88 Å². The van der Waals surface area contributed by atoms with Crippen LogP contribution >= 0.6 is 11.6 Å². The summed E-state index contributed by atoms with van der Waals surface area (Å²) in [4.78, 5) is 0. The van der Waals surface area contributed by atoms with Crippen LogP contribution in [0.2, 0.25) is 0 Å². The minimum absolute atomic E-state index is 0.416. The van der Waals surface area contributed by atoms with Crippen molar-refractivity contribution >= 4 is 11.6 Å². The predicted octanol–water partition coefficient (Wildman–Crippen LogP) is 3.87. The molecule has 0 aliphatic carbocycles. The molecule has 0 aromatic heterocycles. The Hall–Kier alpha value is -1.09. The summed E-state index contributed by atoms with van der Waals surface area (Å²) >= 11 is 5.83.